The van der Waals surface area contributed by atoms with Gasteiger partial charge in [0.05, 0.1) is 6.10 Å². The van der Waals surface area contributed by atoms with Crippen LogP contribution in [0.2, 0.25) is 0 Å². The number of hydrogen-bond acceptors (Lipinski definition) is 3. The highest BCUT2D eigenvalue weighted by Crippen LogP contribution is 2.22. The van der Waals surface area contributed by atoms with Crippen molar-refractivity contribution in [2.75, 3.05) is 0 Å². The first-order valence-electron chi connectivity index (χ1n) is 6.29. The first kappa shape index (κ1) is 14.6. The Hall–Kier alpha value is -1.81. The zero-order chi connectivity index (χ0) is 14.5. The summed E-state index contributed by atoms with van der Waals surface area (Å²) in [5, 5.41) is 0. The Morgan fingerprint density at radius 1 is 1.05 bits per heavy atom. The molecule has 2 rings (SSSR count). The highest BCUT2D eigenvalue weighted by Gasteiger charge is 2.15. The maximum absolute atomic E-state index is 12.2. The SMILES string of the molecule is CC(C)Oc1ccccc1C(=O)Oc1ccc(Br)cc1. The number of rotatable bonds is 4. The minimum Gasteiger partial charge on any atom is -0.490 e. The molecule has 0 unspecified atom stereocenters. The Morgan fingerprint density at radius 2 is 1.70 bits per heavy atom. The summed E-state index contributed by atoms with van der Waals surface area (Å²) in [5.74, 6) is 0.603. The van der Waals surface area contributed by atoms with E-state index >= 15 is 0 Å². The molecule has 0 aliphatic rings. The number of esters is 1. The summed E-state index contributed by atoms with van der Waals surface area (Å²) in [6.07, 6.45) is -0.00312. The minimum atomic E-state index is -0.427. The quantitative estimate of drug-likeness (QED) is 0.611. The fourth-order valence-electron chi connectivity index (χ4n) is 1.66. The van der Waals surface area contributed by atoms with Crippen molar-refractivity contribution in [1.82, 2.24) is 0 Å². The molecule has 0 heterocycles. The van der Waals surface area contributed by atoms with Crippen LogP contribution in [0.1, 0.15) is 24.2 Å². The van der Waals surface area contributed by atoms with Gasteiger partial charge in [0.1, 0.15) is 17.1 Å². The Morgan fingerprint density at radius 3 is 2.35 bits per heavy atom. The number of carbonyl (C=O) groups is 1. The van der Waals surface area contributed by atoms with E-state index in [1.165, 1.54) is 0 Å². The van der Waals surface area contributed by atoms with Crippen LogP contribution in [0.15, 0.2) is 53.0 Å². The third kappa shape index (κ3) is 3.84. The number of halogens is 1. The lowest BCUT2D eigenvalue weighted by Crippen LogP contribution is -2.13. The average molecular weight is 335 g/mol. The van der Waals surface area contributed by atoms with Gasteiger partial charge in [0.15, 0.2) is 0 Å². The normalized spacial score (nSPS) is 10.4. The van der Waals surface area contributed by atoms with E-state index in [2.05, 4.69) is 15.9 Å². The molecule has 4 heteroatoms. The summed E-state index contributed by atoms with van der Waals surface area (Å²) < 4.78 is 11.9. The van der Waals surface area contributed by atoms with Crippen LogP contribution in [0, 0.1) is 0 Å². The molecule has 3 nitrogen and oxygen atoms in total. The number of carbonyl (C=O) groups excluding carboxylic acids is 1. The molecule has 0 amide bonds. The molecule has 20 heavy (non-hydrogen) atoms. The molecule has 0 N–H and O–H groups in total. The molecule has 2 aromatic rings. The van der Waals surface area contributed by atoms with Crippen LogP contribution in [0.3, 0.4) is 0 Å². The third-order valence-corrected chi connectivity index (χ3v) is 3.02. The van der Waals surface area contributed by atoms with Gasteiger partial charge >= 0.3 is 5.97 Å². The lowest BCUT2D eigenvalue weighted by Gasteiger charge is -2.13. The number of ether oxygens (including phenoxy) is 2. The van der Waals surface area contributed by atoms with Crippen molar-refractivity contribution in [3.8, 4) is 11.5 Å². The molecule has 0 saturated carbocycles. The van der Waals surface area contributed by atoms with Crippen LogP contribution in [0.5, 0.6) is 11.5 Å². The van der Waals surface area contributed by atoms with Crippen LogP contribution in [-0.4, -0.2) is 12.1 Å². The van der Waals surface area contributed by atoms with Gasteiger partial charge in [0, 0.05) is 4.47 Å². The molecule has 0 bridgehead atoms. The fourth-order valence-corrected chi connectivity index (χ4v) is 1.92. The van der Waals surface area contributed by atoms with Gasteiger partial charge in [0.25, 0.3) is 0 Å². The van der Waals surface area contributed by atoms with E-state index < -0.39 is 5.97 Å². The minimum absolute atomic E-state index is 0.00312. The molecule has 0 fully saturated rings. The zero-order valence-electron chi connectivity index (χ0n) is 11.3. The third-order valence-electron chi connectivity index (χ3n) is 2.49. The van der Waals surface area contributed by atoms with Crippen molar-refractivity contribution >= 4 is 21.9 Å². The topological polar surface area (TPSA) is 35.5 Å². The molecule has 104 valence electrons. The van der Waals surface area contributed by atoms with Crippen molar-refractivity contribution < 1.29 is 14.3 Å². The molecule has 0 spiro atoms. The summed E-state index contributed by atoms with van der Waals surface area (Å²) in [4.78, 5) is 12.2. The molecule has 0 aliphatic heterocycles. The van der Waals surface area contributed by atoms with E-state index in [0.717, 1.165) is 4.47 Å². The van der Waals surface area contributed by atoms with Crippen molar-refractivity contribution in [1.29, 1.82) is 0 Å². The molecular formula is C16H15BrO3. The van der Waals surface area contributed by atoms with Gasteiger partial charge in [-0.1, -0.05) is 28.1 Å². The van der Waals surface area contributed by atoms with E-state index in [0.29, 0.717) is 17.1 Å². The van der Waals surface area contributed by atoms with Crippen LogP contribution in [-0.2, 0) is 0 Å². The van der Waals surface area contributed by atoms with Crippen molar-refractivity contribution in [2.45, 2.75) is 20.0 Å². The van der Waals surface area contributed by atoms with Gasteiger partial charge in [-0.25, -0.2) is 4.79 Å². The highest BCUT2D eigenvalue weighted by atomic mass is 79.9. The van der Waals surface area contributed by atoms with Crippen molar-refractivity contribution in [3.63, 3.8) is 0 Å². The maximum Gasteiger partial charge on any atom is 0.347 e. The number of hydrogen-bond donors (Lipinski definition) is 0. The summed E-state index contributed by atoms with van der Waals surface area (Å²) in [5.41, 5.74) is 0.420. The van der Waals surface area contributed by atoms with Crippen LogP contribution in [0.25, 0.3) is 0 Å². The van der Waals surface area contributed by atoms with Gasteiger partial charge in [-0.2, -0.15) is 0 Å². The Bertz CT molecular complexity index is 591. The van der Waals surface area contributed by atoms with E-state index in [4.69, 9.17) is 9.47 Å². The van der Waals surface area contributed by atoms with Crippen molar-refractivity contribution in [3.05, 3.63) is 58.6 Å². The molecular weight excluding hydrogens is 320 g/mol. The molecule has 0 saturated heterocycles. The predicted molar refractivity (Wildman–Crippen MR) is 81.3 cm³/mol. The molecule has 0 atom stereocenters. The van der Waals surface area contributed by atoms with E-state index in [1.807, 2.05) is 32.0 Å². The van der Waals surface area contributed by atoms with E-state index in [1.54, 1.807) is 30.3 Å². The van der Waals surface area contributed by atoms with Gasteiger partial charge in [-0.15, -0.1) is 0 Å². The van der Waals surface area contributed by atoms with E-state index in [-0.39, 0.29) is 6.10 Å². The molecule has 0 aromatic heterocycles. The smallest absolute Gasteiger partial charge is 0.347 e. The van der Waals surface area contributed by atoms with Crippen LogP contribution in [0.4, 0.5) is 0 Å². The van der Waals surface area contributed by atoms with Gasteiger partial charge in [-0.3, -0.25) is 0 Å². The van der Waals surface area contributed by atoms with Crippen LogP contribution < -0.4 is 9.47 Å². The average Bonchev–Trinajstić information content (AvgIpc) is 2.41. The summed E-state index contributed by atoms with van der Waals surface area (Å²) in [7, 11) is 0. The van der Waals surface area contributed by atoms with Crippen LogP contribution >= 0.6 is 15.9 Å². The summed E-state index contributed by atoms with van der Waals surface area (Å²) >= 11 is 3.33. The predicted octanol–water partition coefficient (Wildman–Crippen LogP) is 4.46. The Labute approximate surface area is 126 Å². The lowest BCUT2D eigenvalue weighted by molar-refractivity contribution is 0.0728. The van der Waals surface area contributed by atoms with E-state index in [9.17, 15) is 4.79 Å². The second-order valence-electron chi connectivity index (χ2n) is 4.51. The van der Waals surface area contributed by atoms with Gasteiger partial charge < -0.3 is 9.47 Å². The number of para-hydroxylation sites is 1. The first-order valence-corrected chi connectivity index (χ1v) is 7.09. The number of benzene rings is 2. The monoisotopic (exact) mass is 334 g/mol. The largest absolute Gasteiger partial charge is 0.490 e. The fraction of sp³-hybridized carbons (Fsp3) is 0.188. The summed E-state index contributed by atoms with van der Waals surface area (Å²) in [6, 6.07) is 14.2. The van der Waals surface area contributed by atoms with Crippen molar-refractivity contribution in [2.24, 2.45) is 0 Å². The van der Waals surface area contributed by atoms with Gasteiger partial charge in [0.2, 0.25) is 0 Å². The first-order chi connectivity index (χ1) is 9.56. The second-order valence-corrected chi connectivity index (χ2v) is 5.42. The molecule has 0 aliphatic carbocycles. The maximum atomic E-state index is 12.2. The molecule has 0 radical (unpaired) electrons. The standard InChI is InChI=1S/C16H15BrO3/c1-11(2)19-15-6-4-3-5-14(15)16(18)20-13-9-7-12(17)8-10-13/h3-11H,1-2H3. The zero-order valence-corrected chi connectivity index (χ0v) is 12.9. The second kappa shape index (κ2) is 6.57. The summed E-state index contributed by atoms with van der Waals surface area (Å²) in [6.45, 7) is 3.83. The molecule has 2 aromatic carbocycles. The highest BCUT2D eigenvalue weighted by molar-refractivity contribution is 9.10. The Balaban J connectivity index is 2.18. The lowest BCUT2D eigenvalue weighted by atomic mass is 10.2. The Kier molecular flexibility index (Phi) is 4.79. The van der Waals surface area contributed by atoms with Gasteiger partial charge in [-0.05, 0) is 50.2 Å².